The monoisotopic (exact) mass is 522 g/mol. The Kier molecular flexibility index (Phi) is 6.26. The molecule has 7 nitrogen and oxygen atoms in total. The number of rotatable bonds is 6. The summed E-state index contributed by atoms with van der Waals surface area (Å²) in [6.07, 6.45) is 5.24. The summed E-state index contributed by atoms with van der Waals surface area (Å²) in [5.41, 5.74) is 4.15. The second-order valence-corrected chi connectivity index (χ2v) is 9.61. The molecule has 6 aromatic rings. The van der Waals surface area contributed by atoms with Gasteiger partial charge in [0.15, 0.2) is 5.82 Å². The Morgan fingerprint density at radius 2 is 1.68 bits per heavy atom. The quantitative estimate of drug-likeness (QED) is 0.246. The molecule has 0 spiro atoms. The first-order chi connectivity index (χ1) is 18.2. The molecule has 0 aliphatic rings. The Morgan fingerprint density at radius 3 is 2.46 bits per heavy atom. The van der Waals surface area contributed by atoms with E-state index in [0.29, 0.717) is 16.6 Å². The van der Waals surface area contributed by atoms with E-state index in [-0.39, 0.29) is 0 Å². The van der Waals surface area contributed by atoms with Gasteiger partial charge in [-0.2, -0.15) is 0 Å². The van der Waals surface area contributed by atoms with Crippen LogP contribution in [-0.2, 0) is 0 Å². The highest BCUT2D eigenvalue weighted by Gasteiger charge is 2.12. The van der Waals surface area contributed by atoms with Crippen molar-refractivity contribution >= 4 is 56.7 Å². The van der Waals surface area contributed by atoms with Crippen molar-refractivity contribution in [2.75, 3.05) is 12.4 Å². The Balaban J connectivity index is 1.26. The normalized spacial score (nSPS) is 11.1. The van der Waals surface area contributed by atoms with E-state index in [0.717, 1.165) is 48.7 Å². The zero-order valence-electron chi connectivity index (χ0n) is 19.6. The predicted molar refractivity (Wildman–Crippen MR) is 148 cm³/mol. The van der Waals surface area contributed by atoms with Crippen molar-refractivity contribution in [1.82, 2.24) is 25.1 Å². The SMILES string of the molecule is COc1cnc2c(Sc3ccc(Nc4nnc(-c5ccc(Cl)cc5)c5ccccc45)cn3)ccnc2c1. The highest BCUT2D eigenvalue weighted by Crippen LogP contribution is 2.34. The fourth-order valence-electron chi connectivity index (χ4n) is 3.96. The third-order valence-corrected chi connectivity index (χ3v) is 7.02. The lowest BCUT2D eigenvalue weighted by Gasteiger charge is -2.11. The smallest absolute Gasteiger partial charge is 0.161 e. The molecule has 0 amide bonds. The van der Waals surface area contributed by atoms with Crippen LogP contribution in [0.15, 0.2) is 101 Å². The van der Waals surface area contributed by atoms with Crippen LogP contribution in [0.4, 0.5) is 11.5 Å². The van der Waals surface area contributed by atoms with Gasteiger partial charge in [0.2, 0.25) is 0 Å². The first-order valence-corrected chi connectivity index (χ1v) is 12.6. The lowest BCUT2D eigenvalue weighted by atomic mass is 10.0. The maximum Gasteiger partial charge on any atom is 0.161 e. The standard InChI is InChI=1S/C28H19ClN6OS/c1-36-20-14-23-27(32-16-20)24(12-13-30-23)37-25-11-10-19(15-31-25)33-28-22-5-3-2-4-21(22)26(34-35-28)17-6-8-18(29)9-7-17/h2-16H,1H3,(H,33,35). The van der Waals surface area contributed by atoms with Crippen LogP contribution in [0.1, 0.15) is 0 Å². The Hall–Kier alpha value is -4.27. The zero-order chi connectivity index (χ0) is 25.2. The summed E-state index contributed by atoms with van der Waals surface area (Å²) >= 11 is 7.59. The maximum absolute atomic E-state index is 6.06. The molecule has 180 valence electrons. The lowest BCUT2D eigenvalue weighted by molar-refractivity contribution is 0.413. The number of nitrogens with zero attached hydrogens (tertiary/aromatic N) is 5. The van der Waals surface area contributed by atoms with Crippen LogP contribution in [0, 0.1) is 0 Å². The largest absolute Gasteiger partial charge is 0.495 e. The van der Waals surface area contributed by atoms with E-state index in [1.165, 1.54) is 11.8 Å². The van der Waals surface area contributed by atoms with Crippen LogP contribution < -0.4 is 10.1 Å². The van der Waals surface area contributed by atoms with Gasteiger partial charge in [-0.25, -0.2) is 9.97 Å². The van der Waals surface area contributed by atoms with Crippen molar-refractivity contribution in [2.45, 2.75) is 9.92 Å². The number of halogens is 1. The third kappa shape index (κ3) is 4.76. The summed E-state index contributed by atoms with van der Waals surface area (Å²) < 4.78 is 5.26. The molecular weight excluding hydrogens is 504 g/mol. The van der Waals surface area contributed by atoms with Gasteiger partial charge in [-0.1, -0.05) is 59.8 Å². The minimum atomic E-state index is 0.661. The van der Waals surface area contributed by atoms with E-state index >= 15 is 0 Å². The van der Waals surface area contributed by atoms with Gasteiger partial charge in [0.1, 0.15) is 22.0 Å². The third-order valence-electron chi connectivity index (χ3n) is 5.77. The summed E-state index contributed by atoms with van der Waals surface area (Å²) in [7, 11) is 1.61. The molecule has 4 aromatic heterocycles. The first-order valence-electron chi connectivity index (χ1n) is 11.4. The number of benzene rings is 2. The number of ether oxygens (including phenoxy) is 1. The van der Waals surface area contributed by atoms with Gasteiger partial charge in [-0.05, 0) is 30.3 Å². The minimum Gasteiger partial charge on any atom is -0.495 e. The van der Waals surface area contributed by atoms with E-state index in [1.807, 2.05) is 72.8 Å². The number of hydrogen-bond donors (Lipinski definition) is 1. The number of hydrogen-bond acceptors (Lipinski definition) is 8. The number of pyridine rings is 3. The summed E-state index contributed by atoms with van der Waals surface area (Å²) in [4.78, 5) is 14.5. The van der Waals surface area contributed by atoms with Gasteiger partial charge in [0.25, 0.3) is 0 Å². The number of nitrogens with one attached hydrogen (secondary N) is 1. The Morgan fingerprint density at radius 1 is 0.838 bits per heavy atom. The molecule has 0 radical (unpaired) electrons. The van der Waals surface area contributed by atoms with Crippen molar-refractivity contribution in [3.8, 4) is 17.0 Å². The molecule has 0 aliphatic heterocycles. The highest BCUT2D eigenvalue weighted by atomic mass is 35.5. The minimum absolute atomic E-state index is 0.661. The molecule has 6 rings (SSSR count). The number of fused-ring (bicyclic) bond motifs is 2. The van der Waals surface area contributed by atoms with Crippen molar-refractivity contribution in [2.24, 2.45) is 0 Å². The summed E-state index contributed by atoms with van der Waals surface area (Å²) in [6.45, 7) is 0. The molecule has 2 aromatic carbocycles. The molecular formula is C28H19ClN6OS. The van der Waals surface area contributed by atoms with Gasteiger partial charge in [0, 0.05) is 38.5 Å². The van der Waals surface area contributed by atoms with Crippen LogP contribution in [0.2, 0.25) is 5.02 Å². The van der Waals surface area contributed by atoms with Crippen molar-refractivity contribution < 1.29 is 4.74 Å². The lowest BCUT2D eigenvalue weighted by Crippen LogP contribution is -1.99. The van der Waals surface area contributed by atoms with Gasteiger partial charge in [0.05, 0.1) is 30.7 Å². The summed E-state index contributed by atoms with van der Waals surface area (Å²) in [5, 5.41) is 15.8. The molecule has 0 aliphatic carbocycles. The molecule has 4 heterocycles. The van der Waals surface area contributed by atoms with Gasteiger partial charge in [-0.15, -0.1) is 10.2 Å². The van der Waals surface area contributed by atoms with E-state index in [9.17, 15) is 0 Å². The second-order valence-electron chi connectivity index (χ2n) is 8.11. The molecule has 0 bridgehead atoms. The van der Waals surface area contributed by atoms with E-state index in [1.54, 1.807) is 25.7 Å². The number of anilines is 2. The van der Waals surface area contributed by atoms with E-state index in [2.05, 4.69) is 30.5 Å². The van der Waals surface area contributed by atoms with Crippen LogP contribution >= 0.6 is 23.4 Å². The van der Waals surface area contributed by atoms with Crippen LogP contribution in [0.5, 0.6) is 5.75 Å². The predicted octanol–water partition coefficient (Wildman–Crippen LogP) is 7.19. The number of methoxy groups -OCH3 is 1. The molecule has 0 unspecified atom stereocenters. The van der Waals surface area contributed by atoms with Gasteiger partial charge >= 0.3 is 0 Å². The fraction of sp³-hybridized carbons (Fsp3) is 0.0357. The first kappa shape index (κ1) is 23.1. The van der Waals surface area contributed by atoms with Gasteiger partial charge in [-0.3, -0.25) is 4.98 Å². The molecule has 0 saturated heterocycles. The average Bonchev–Trinajstić information content (AvgIpc) is 2.95. The van der Waals surface area contributed by atoms with Crippen LogP contribution in [0.3, 0.4) is 0 Å². The zero-order valence-corrected chi connectivity index (χ0v) is 21.2. The fourth-order valence-corrected chi connectivity index (χ4v) is 4.94. The van der Waals surface area contributed by atoms with Gasteiger partial charge < -0.3 is 10.1 Å². The molecule has 0 fully saturated rings. The average molecular weight is 523 g/mol. The van der Waals surface area contributed by atoms with Crippen LogP contribution in [-0.4, -0.2) is 32.3 Å². The molecule has 37 heavy (non-hydrogen) atoms. The van der Waals surface area contributed by atoms with Crippen LogP contribution in [0.25, 0.3) is 33.1 Å². The van der Waals surface area contributed by atoms with Crippen molar-refractivity contribution in [1.29, 1.82) is 0 Å². The van der Waals surface area contributed by atoms with Crippen molar-refractivity contribution in [3.63, 3.8) is 0 Å². The topological polar surface area (TPSA) is 85.7 Å². The molecule has 1 N–H and O–H groups in total. The van der Waals surface area contributed by atoms with E-state index in [4.69, 9.17) is 16.3 Å². The molecule has 9 heteroatoms. The number of aromatic nitrogens is 5. The summed E-state index contributed by atoms with van der Waals surface area (Å²) in [5.74, 6) is 1.33. The Labute approximate surface area is 221 Å². The van der Waals surface area contributed by atoms with Crippen molar-refractivity contribution in [3.05, 3.63) is 96.4 Å². The molecule has 0 saturated carbocycles. The maximum atomic E-state index is 6.06. The summed E-state index contributed by atoms with van der Waals surface area (Å²) in [6, 6.07) is 23.4. The van der Waals surface area contributed by atoms with E-state index < -0.39 is 0 Å². The highest BCUT2D eigenvalue weighted by molar-refractivity contribution is 7.99. The second kappa shape index (κ2) is 10.0. The molecule has 0 atom stereocenters. The Bertz CT molecular complexity index is 1730.